The number of nitrogens with zero attached hydrogens (tertiary/aromatic N) is 2. The van der Waals surface area contributed by atoms with Crippen LogP contribution in [0.25, 0.3) is 11.4 Å². The van der Waals surface area contributed by atoms with Crippen molar-refractivity contribution in [2.24, 2.45) is 0 Å². The Labute approximate surface area is 113 Å². The summed E-state index contributed by atoms with van der Waals surface area (Å²) in [5, 5.41) is 0. The molecule has 1 aromatic heterocycles. The van der Waals surface area contributed by atoms with Gasteiger partial charge in [0.05, 0.1) is 18.8 Å². The van der Waals surface area contributed by atoms with Crippen LogP contribution in [0.1, 0.15) is 19.4 Å². The van der Waals surface area contributed by atoms with Crippen LogP contribution in [0.15, 0.2) is 30.3 Å². The van der Waals surface area contributed by atoms with Gasteiger partial charge in [-0.2, -0.15) is 9.97 Å². The minimum Gasteiger partial charge on any atom is -0.478 e. The van der Waals surface area contributed by atoms with E-state index in [1.807, 2.05) is 51.1 Å². The topological polar surface area (TPSA) is 44.2 Å². The molecule has 0 unspecified atom stereocenters. The zero-order valence-corrected chi connectivity index (χ0v) is 11.5. The molecule has 2 rings (SSSR count). The number of hydrogen-bond acceptors (Lipinski definition) is 4. The van der Waals surface area contributed by atoms with Crippen molar-refractivity contribution in [3.63, 3.8) is 0 Å². The van der Waals surface area contributed by atoms with Crippen LogP contribution in [0, 0.1) is 6.92 Å². The van der Waals surface area contributed by atoms with Crippen molar-refractivity contribution >= 4 is 0 Å². The summed E-state index contributed by atoms with van der Waals surface area (Å²) in [6.07, 6.45) is 0. The molecule has 1 heterocycles. The SMILES string of the molecule is CCOc1nc(-c2ccccc2)nc(OCC)c1C. The molecular weight excluding hydrogens is 240 g/mol. The van der Waals surface area contributed by atoms with E-state index in [9.17, 15) is 0 Å². The molecule has 0 radical (unpaired) electrons. The lowest BCUT2D eigenvalue weighted by Crippen LogP contribution is -2.05. The highest BCUT2D eigenvalue weighted by molar-refractivity contribution is 5.57. The fourth-order valence-corrected chi connectivity index (χ4v) is 1.75. The second-order valence-corrected chi connectivity index (χ2v) is 4.01. The Morgan fingerprint density at radius 2 is 1.42 bits per heavy atom. The van der Waals surface area contributed by atoms with Gasteiger partial charge >= 0.3 is 0 Å². The molecule has 0 N–H and O–H groups in total. The monoisotopic (exact) mass is 258 g/mol. The Morgan fingerprint density at radius 3 is 1.89 bits per heavy atom. The highest BCUT2D eigenvalue weighted by atomic mass is 16.5. The maximum Gasteiger partial charge on any atom is 0.223 e. The third-order valence-electron chi connectivity index (χ3n) is 2.65. The standard InChI is InChI=1S/C15H18N2O2/c1-4-18-14-11(3)15(19-5-2)17-13(16-14)12-9-7-6-8-10-12/h6-10H,4-5H2,1-3H3. The van der Waals surface area contributed by atoms with Crippen molar-refractivity contribution in [2.75, 3.05) is 13.2 Å². The van der Waals surface area contributed by atoms with Gasteiger partial charge in [0.1, 0.15) is 0 Å². The van der Waals surface area contributed by atoms with Crippen LogP contribution >= 0.6 is 0 Å². The molecule has 19 heavy (non-hydrogen) atoms. The molecule has 1 aromatic carbocycles. The first-order chi connectivity index (χ1) is 9.26. The number of aromatic nitrogens is 2. The second-order valence-electron chi connectivity index (χ2n) is 4.01. The summed E-state index contributed by atoms with van der Waals surface area (Å²) < 4.78 is 11.1. The van der Waals surface area contributed by atoms with E-state index in [0.717, 1.165) is 11.1 Å². The first kappa shape index (κ1) is 13.3. The van der Waals surface area contributed by atoms with E-state index in [2.05, 4.69) is 9.97 Å². The van der Waals surface area contributed by atoms with Crippen LogP contribution in [0.2, 0.25) is 0 Å². The van der Waals surface area contributed by atoms with Crippen LogP contribution in [0.3, 0.4) is 0 Å². The van der Waals surface area contributed by atoms with Crippen LogP contribution in [-0.4, -0.2) is 23.2 Å². The molecule has 2 aromatic rings. The summed E-state index contributed by atoms with van der Waals surface area (Å²) in [5.74, 6) is 1.79. The predicted octanol–water partition coefficient (Wildman–Crippen LogP) is 3.25. The van der Waals surface area contributed by atoms with E-state index in [4.69, 9.17) is 9.47 Å². The minimum atomic E-state index is 0.567. The summed E-state index contributed by atoms with van der Waals surface area (Å²) >= 11 is 0. The Balaban J connectivity index is 2.49. The smallest absolute Gasteiger partial charge is 0.223 e. The maximum atomic E-state index is 5.55. The van der Waals surface area contributed by atoms with Gasteiger partial charge < -0.3 is 9.47 Å². The summed E-state index contributed by atoms with van der Waals surface area (Å²) in [4.78, 5) is 8.92. The lowest BCUT2D eigenvalue weighted by Gasteiger charge is -2.12. The predicted molar refractivity (Wildman–Crippen MR) is 74.5 cm³/mol. The highest BCUT2D eigenvalue weighted by Crippen LogP contribution is 2.28. The van der Waals surface area contributed by atoms with Crippen molar-refractivity contribution in [3.8, 4) is 23.1 Å². The average molecular weight is 258 g/mol. The maximum absolute atomic E-state index is 5.55. The van der Waals surface area contributed by atoms with E-state index < -0.39 is 0 Å². The minimum absolute atomic E-state index is 0.567. The molecule has 0 aliphatic carbocycles. The zero-order valence-electron chi connectivity index (χ0n) is 11.5. The third-order valence-corrected chi connectivity index (χ3v) is 2.65. The van der Waals surface area contributed by atoms with E-state index >= 15 is 0 Å². The van der Waals surface area contributed by atoms with Crippen LogP contribution in [0.4, 0.5) is 0 Å². The van der Waals surface area contributed by atoms with Crippen LogP contribution < -0.4 is 9.47 Å². The van der Waals surface area contributed by atoms with Crippen LogP contribution in [0.5, 0.6) is 11.8 Å². The van der Waals surface area contributed by atoms with Crippen LogP contribution in [-0.2, 0) is 0 Å². The number of hydrogen-bond donors (Lipinski definition) is 0. The summed E-state index contributed by atoms with van der Waals surface area (Å²) in [7, 11) is 0. The molecule has 0 atom stereocenters. The van der Waals surface area contributed by atoms with Crippen molar-refractivity contribution < 1.29 is 9.47 Å². The quantitative estimate of drug-likeness (QED) is 0.825. The van der Waals surface area contributed by atoms with E-state index in [1.165, 1.54) is 0 Å². The molecule has 100 valence electrons. The van der Waals surface area contributed by atoms with Crippen molar-refractivity contribution in [2.45, 2.75) is 20.8 Å². The van der Waals surface area contributed by atoms with Crippen molar-refractivity contribution in [3.05, 3.63) is 35.9 Å². The highest BCUT2D eigenvalue weighted by Gasteiger charge is 2.13. The lowest BCUT2D eigenvalue weighted by molar-refractivity contribution is 0.301. The number of benzene rings is 1. The second kappa shape index (κ2) is 6.18. The van der Waals surface area contributed by atoms with Gasteiger partial charge in [0.2, 0.25) is 11.8 Å². The molecule has 0 fully saturated rings. The lowest BCUT2D eigenvalue weighted by atomic mass is 10.2. The van der Waals surface area contributed by atoms with Gasteiger partial charge in [0.15, 0.2) is 5.82 Å². The summed E-state index contributed by atoms with van der Waals surface area (Å²) in [5.41, 5.74) is 1.78. The fraction of sp³-hybridized carbons (Fsp3) is 0.333. The van der Waals surface area contributed by atoms with Gasteiger partial charge in [-0.25, -0.2) is 0 Å². The molecule has 0 bridgehead atoms. The van der Waals surface area contributed by atoms with Gasteiger partial charge in [-0.05, 0) is 20.8 Å². The Morgan fingerprint density at radius 1 is 0.895 bits per heavy atom. The van der Waals surface area contributed by atoms with Gasteiger partial charge in [-0.3, -0.25) is 0 Å². The van der Waals surface area contributed by atoms with Gasteiger partial charge in [-0.15, -0.1) is 0 Å². The molecule has 4 nitrogen and oxygen atoms in total. The molecule has 0 spiro atoms. The van der Waals surface area contributed by atoms with E-state index in [1.54, 1.807) is 0 Å². The first-order valence-corrected chi connectivity index (χ1v) is 6.45. The molecular formula is C15H18N2O2. The normalized spacial score (nSPS) is 10.3. The Hall–Kier alpha value is -2.10. The molecule has 0 aliphatic heterocycles. The Kier molecular flexibility index (Phi) is 4.34. The number of ether oxygens (including phenoxy) is 2. The average Bonchev–Trinajstić information content (AvgIpc) is 2.44. The fourth-order valence-electron chi connectivity index (χ4n) is 1.75. The molecule has 0 amide bonds. The zero-order chi connectivity index (χ0) is 13.7. The molecule has 4 heteroatoms. The molecule has 0 aliphatic rings. The number of rotatable bonds is 5. The van der Waals surface area contributed by atoms with Gasteiger partial charge in [0.25, 0.3) is 0 Å². The summed E-state index contributed by atoms with van der Waals surface area (Å²) in [6, 6.07) is 9.81. The third kappa shape index (κ3) is 3.02. The van der Waals surface area contributed by atoms with E-state index in [0.29, 0.717) is 30.8 Å². The first-order valence-electron chi connectivity index (χ1n) is 6.45. The van der Waals surface area contributed by atoms with Crippen molar-refractivity contribution in [1.82, 2.24) is 9.97 Å². The Bertz CT molecular complexity index is 514. The van der Waals surface area contributed by atoms with Gasteiger partial charge in [0, 0.05) is 5.56 Å². The summed E-state index contributed by atoms with van der Waals surface area (Å²) in [6.45, 7) is 6.91. The largest absolute Gasteiger partial charge is 0.478 e. The van der Waals surface area contributed by atoms with E-state index in [-0.39, 0.29) is 0 Å². The van der Waals surface area contributed by atoms with Crippen molar-refractivity contribution in [1.29, 1.82) is 0 Å². The van der Waals surface area contributed by atoms with Gasteiger partial charge in [-0.1, -0.05) is 30.3 Å². The molecule has 0 saturated carbocycles. The molecule has 0 saturated heterocycles.